The van der Waals surface area contributed by atoms with Crippen molar-refractivity contribution in [3.8, 4) is 0 Å². The van der Waals surface area contributed by atoms with Crippen LogP contribution in [0.4, 0.5) is 0 Å². The van der Waals surface area contributed by atoms with Gasteiger partial charge in [-0.2, -0.15) is 0 Å². The van der Waals surface area contributed by atoms with Crippen molar-refractivity contribution in [3.63, 3.8) is 0 Å². The van der Waals surface area contributed by atoms with Crippen LogP contribution in [0.15, 0.2) is 0 Å². The summed E-state index contributed by atoms with van der Waals surface area (Å²) < 4.78 is 5.14. The summed E-state index contributed by atoms with van der Waals surface area (Å²) in [5.74, 6) is 0.330. The Morgan fingerprint density at radius 1 is 1.43 bits per heavy atom. The molecule has 14 heavy (non-hydrogen) atoms. The minimum atomic E-state index is 0.250. The van der Waals surface area contributed by atoms with E-state index in [0.717, 1.165) is 19.6 Å². The molecule has 0 heterocycles. The number of ether oxygens (including phenoxy) is 1. The van der Waals surface area contributed by atoms with Gasteiger partial charge in [0.15, 0.2) is 0 Å². The molecule has 0 spiro atoms. The molecule has 0 amide bonds. The monoisotopic (exact) mass is 203 g/mol. The third kappa shape index (κ3) is 7.30. The van der Waals surface area contributed by atoms with Gasteiger partial charge < -0.3 is 15.2 Å². The van der Waals surface area contributed by atoms with Crippen molar-refractivity contribution in [2.75, 3.05) is 26.9 Å². The molecule has 0 aliphatic heterocycles. The zero-order chi connectivity index (χ0) is 10.8. The lowest BCUT2D eigenvalue weighted by atomic mass is 10.1. The average Bonchev–Trinajstić information content (AvgIpc) is 2.21. The average molecular weight is 203 g/mol. The van der Waals surface area contributed by atoms with E-state index in [0.29, 0.717) is 12.0 Å². The zero-order valence-electron chi connectivity index (χ0n) is 9.75. The molecular formula is C11H25NO2. The summed E-state index contributed by atoms with van der Waals surface area (Å²) in [4.78, 5) is 0. The summed E-state index contributed by atoms with van der Waals surface area (Å²) in [5, 5.41) is 12.3. The number of rotatable bonds is 9. The Bertz CT molecular complexity index is 120. The van der Waals surface area contributed by atoms with E-state index in [4.69, 9.17) is 9.84 Å². The predicted octanol–water partition coefficient (Wildman–Crippen LogP) is 1.41. The second kappa shape index (κ2) is 9.44. The van der Waals surface area contributed by atoms with Gasteiger partial charge in [0.05, 0.1) is 6.61 Å². The minimum absolute atomic E-state index is 0.250. The number of aliphatic hydroxyl groups excluding tert-OH is 1. The molecule has 0 fully saturated rings. The van der Waals surface area contributed by atoms with E-state index in [2.05, 4.69) is 12.2 Å². The molecule has 86 valence electrons. The van der Waals surface area contributed by atoms with Crippen LogP contribution in [0.25, 0.3) is 0 Å². The lowest BCUT2D eigenvalue weighted by Gasteiger charge is -2.19. The molecule has 3 heteroatoms. The normalized spacial score (nSPS) is 15.4. The Balaban J connectivity index is 3.60. The van der Waals surface area contributed by atoms with Crippen LogP contribution in [0.5, 0.6) is 0 Å². The summed E-state index contributed by atoms with van der Waals surface area (Å²) in [5.41, 5.74) is 0. The maximum atomic E-state index is 8.88. The van der Waals surface area contributed by atoms with Crippen molar-refractivity contribution in [3.05, 3.63) is 0 Å². The Hall–Kier alpha value is -0.120. The summed E-state index contributed by atoms with van der Waals surface area (Å²) >= 11 is 0. The van der Waals surface area contributed by atoms with Gasteiger partial charge >= 0.3 is 0 Å². The highest BCUT2D eigenvalue weighted by molar-refractivity contribution is 4.67. The predicted molar refractivity (Wildman–Crippen MR) is 59.4 cm³/mol. The van der Waals surface area contributed by atoms with E-state index in [-0.39, 0.29) is 6.61 Å². The largest absolute Gasteiger partial charge is 0.396 e. The lowest BCUT2D eigenvalue weighted by molar-refractivity contribution is 0.154. The van der Waals surface area contributed by atoms with Crippen LogP contribution < -0.4 is 5.32 Å². The van der Waals surface area contributed by atoms with Gasteiger partial charge in [-0.25, -0.2) is 0 Å². The second-order valence-corrected chi connectivity index (χ2v) is 3.99. The molecule has 0 aliphatic carbocycles. The first kappa shape index (κ1) is 13.9. The van der Waals surface area contributed by atoms with Crippen LogP contribution in [0.3, 0.4) is 0 Å². The fraction of sp³-hybridized carbons (Fsp3) is 1.00. The van der Waals surface area contributed by atoms with E-state index in [9.17, 15) is 0 Å². The smallest absolute Gasteiger partial charge is 0.0615 e. The molecule has 3 nitrogen and oxygen atoms in total. The molecule has 2 N–H and O–H groups in total. The molecule has 2 atom stereocenters. The van der Waals surface area contributed by atoms with E-state index in [1.807, 2.05) is 6.92 Å². The van der Waals surface area contributed by atoms with Gasteiger partial charge in [0.25, 0.3) is 0 Å². The molecular weight excluding hydrogens is 178 g/mol. The van der Waals surface area contributed by atoms with Gasteiger partial charge in [-0.3, -0.25) is 0 Å². The van der Waals surface area contributed by atoms with E-state index < -0.39 is 0 Å². The molecule has 2 unspecified atom stereocenters. The first-order chi connectivity index (χ1) is 6.74. The Kier molecular flexibility index (Phi) is 9.35. The van der Waals surface area contributed by atoms with E-state index in [1.54, 1.807) is 7.11 Å². The SMILES string of the molecule is CCCCC(COC)NCC(C)CO. The highest BCUT2D eigenvalue weighted by Gasteiger charge is 2.08. The lowest BCUT2D eigenvalue weighted by Crippen LogP contribution is -2.36. The molecule has 0 aromatic rings. The van der Waals surface area contributed by atoms with Crippen molar-refractivity contribution in [1.29, 1.82) is 0 Å². The second-order valence-electron chi connectivity index (χ2n) is 3.99. The van der Waals surface area contributed by atoms with Gasteiger partial charge in [0.2, 0.25) is 0 Å². The first-order valence-corrected chi connectivity index (χ1v) is 5.57. The third-order valence-electron chi connectivity index (χ3n) is 2.34. The van der Waals surface area contributed by atoms with Crippen molar-refractivity contribution in [1.82, 2.24) is 5.32 Å². The molecule has 0 radical (unpaired) electrons. The number of hydrogen-bond donors (Lipinski definition) is 2. The molecule has 0 rings (SSSR count). The molecule has 0 aliphatic rings. The van der Waals surface area contributed by atoms with Crippen molar-refractivity contribution in [2.45, 2.75) is 39.2 Å². The number of hydrogen-bond acceptors (Lipinski definition) is 3. The number of aliphatic hydroxyl groups is 1. The zero-order valence-corrected chi connectivity index (χ0v) is 9.75. The van der Waals surface area contributed by atoms with Crippen LogP contribution in [-0.4, -0.2) is 38.0 Å². The Morgan fingerprint density at radius 3 is 2.64 bits per heavy atom. The van der Waals surface area contributed by atoms with Crippen LogP contribution in [0, 0.1) is 5.92 Å². The highest BCUT2D eigenvalue weighted by atomic mass is 16.5. The summed E-state index contributed by atoms with van der Waals surface area (Å²) in [6.07, 6.45) is 3.61. The number of methoxy groups -OCH3 is 1. The topological polar surface area (TPSA) is 41.5 Å². The summed E-state index contributed by atoms with van der Waals surface area (Å²) in [6, 6.07) is 0.439. The highest BCUT2D eigenvalue weighted by Crippen LogP contribution is 2.02. The Labute approximate surface area is 87.8 Å². The molecule has 0 aromatic carbocycles. The maximum Gasteiger partial charge on any atom is 0.0615 e. The van der Waals surface area contributed by atoms with Crippen LogP contribution >= 0.6 is 0 Å². The molecule has 0 bridgehead atoms. The van der Waals surface area contributed by atoms with Crippen LogP contribution in [-0.2, 0) is 4.74 Å². The quantitative estimate of drug-likeness (QED) is 0.595. The van der Waals surface area contributed by atoms with Gasteiger partial charge in [-0.15, -0.1) is 0 Å². The summed E-state index contributed by atoms with van der Waals surface area (Å²) in [7, 11) is 1.73. The van der Waals surface area contributed by atoms with Crippen molar-refractivity contribution >= 4 is 0 Å². The van der Waals surface area contributed by atoms with Gasteiger partial charge in [-0.05, 0) is 12.3 Å². The van der Waals surface area contributed by atoms with Crippen molar-refractivity contribution < 1.29 is 9.84 Å². The van der Waals surface area contributed by atoms with Gasteiger partial charge in [0, 0.05) is 26.3 Å². The molecule has 0 aromatic heterocycles. The minimum Gasteiger partial charge on any atom is -0.396 e. The molecule has 0 saturated heterocycles. The number of nitrogens with one attached hydrogen (secondary N) is 1. The Morgan fingerprint density at radius 2 is 2.14 bits per heavy atom. The van der Waals surface area contributed by atoms with Crippen LogP contribution in [0.1, 0.15) is 33.1 Å². The summed E-state index contributed by atoms with van der Waals surface area (Å²) in [6.45, 7) is 6.11. The fourth-order valence-electron chi connectivity index (χ4n) is 1.33. The third-order valence-corrected chi connectivity index (χ3v) is 2.34. The van der Waals surface area contributed by atoms with E-state index >= 15 is 0 Å². The number of unbranched alkanes of at least 4 members (excludes halogenated alkanes) is 1. The van der Waals surface area contributed by atoms with Gasteiger partial charge in [0.1, 0.15) is 0 Å². The molecule has 0 saturated carbocycles. The maximum absolute atomic E-state index is 8.88. The van der Waals surface area contributed by atoms with Crippen molar-refractivity contribution in [2.24, 2.45) is 5.92 Å². The fourth-order valence-corrected chi connectivity index (χ4v) is 1.33. The standard InChI is InChI=1S/C11H25NO2/c1-4-5-6-11(9-14-3)12-7-10(2)8-13/h10-13H,4-9H2,1-3H3. The van der Waals surface area contributed by atoms with Gasteiger partial charge in [-0.1, -0.05) is 26.7 Å². The first-order valence-electron chi connectivity index (χ1n) is 5.57. The van der Waals surface area contributed by atoms with Crippen LogP contribution in [0.2, 0.25) is 0 Å². The van der Waals surface area contributed by atoms with E-state index in [1.165, 1.54) is 12.8 Å².